The van der Waals surface area contributed by atoms with Crippen molar-refractivity contribution in [3.05, 3.63) is 17.6 Å². The highest BCUT2D eigenvalue weighted by atomic mass is 35.5. The lowest BCUT2D eigenvalue weighted by molar-refractivity contribution is 0.344. The standard InChI is InChI=1S/C17H27N5.2ClH/c18-14-9-13(10-14)15-11-16(21-17(20-15)12-3-4-12)19-5-8-22-6-1-2-7-22;;/h11-14H,1-10,18H2,(H,19,20,21);2*1H. The largest absolute Gasteiger partial charge is 0.369 e. The van der Waals surface area contributed by atoms with Gasteiger partial charge < -0.3 is 16.0 Å². The summed E-state index contributed by atoms with van der Waals surface area (Å²) in [4.78, 5) is 12.1. The maximum atomic E-state index is 5.94. The zero-order valence-electron chi connectivity index (χ0n) is 14.1. The molecule has 1 aromatic heterocycles. The third-order valence-electron chi connectivity index (χ3n) is 5.23. The summed E-state index contributed by atoms with van der Waals surface area (Å²) < 4.78 is 0. The molecule has 2 aliphatic carbocycles. The molecule has 0 bridgehead atoms. The molecule has 3 fully saturated rings. The van der Waals surface area contributed by atoms with E-state index in [2.05, 4.69) is 16.3 Å². The van der Waals surface area contributed by atoms with Gasteiger partial charge in [-0.3, -0.25) is 0 Å². The topological polar surface area (TPSA) is 67.1 Å². The predicted molar refractivity (Wildman–Crippen MR) is 103 cm³/mol. The number of anilines is 1. The van der Waals surface area contributed by atoms with Crippen LogP contribution in [-0.2, 0) is 0 Å². The normalized spacial score (nSPS) is 26.2. The van der Waals surface area contributed by atoms with Crippen LogP contribution in [0.5, 0.6) is 0 Å². The number of halogens is 2. The fraction of sp³-hybridized carbons (Fsp3) is 0.765. The molecule has 0 radical (unpaired) electrons. The maximum Gasteiger partial charge on any atom is 0.134 e. The highest BCUT2D eigenvalue weighted by molar-refractivity contribution is 5.85. The van der Waals surface area contributed by atoms with E-state index >= 15 is 0 Å². The minimum absolute atomic E-state index is 0. The number of aromatic nitrogens is 2. The predicted octanol–water partition coefficient (Wildman–Crippen LogP) is 2.91. The number of likely N-dealkylation sites (tertiary alicyclic amines) is 1. The quantitative estimate of drug-likeness (QED) is 0.802. The first kappa shape index (κ1) is 19.7. The van der Waals surface area contributed by atoms with Crippen molar-refractivity contribution in [3.8, 4) is 0 Å². The molecule has 0 spiro atoms. The van der Waals surface area contributed by atoms with Crippen molar-refractivity contribution >= 4 is 30.6 Å². The second-order valence-electron chi connectivity index (χ2n) is 7.21. The van der Waals surface area contributed by atoms with E-state index in [0.29, 0.717) is 17.9 Å². The van der Waals surface area contributed by atoms with E-state index < -0.39 is 0 Å². The van der Waals surface area contributed by atoms with Crippen LogP contribution in [0.3, 0.4) is 0 Å². The first-order chi connectivity index (χ1) is 10.8. The number of hydrogen-bond donors (Lipinski definition) is 2. The van der Waals surface area contributed by atoms with Gasteiger partial charge in [0.25, 0.3) is 0 Å². The Hall–Kier alpha value is -0.620. The van der Waals surface area contributed by atoms with E-state index in [9.17, 15) is 0 Å². The summed E-state index contributed by atoms with van der Waals surface area (Å²) in [6.07, 6.45) is 7.36. The van der Waals surface area contributed by atoms with Crippen LogP contribution in [0, 0.1) is 0 Å². The summed E-state index contributed by atoms with van der Waals surface area (Å²) in [6, 6.07) is 2.53. The van der Waals surface area contributed by atoms with Gasteiger partial charge in [0, 0.05) is 42.7 Å². The molecule has 0 amide bonds. The van der Waals surface area contributed by atoms with Gasteiger partial charge in [-0.25, -0.2) is 9.97 Å². The molecule has 0 aromatic carbocycles. The fourth-order valence-electron chi connectivity index (χ4n) is 3.56. The Labute approximate surface area is 157 Å². The number of nitrogens with one attached hydrogen (secondary N) is 1. The molecule has 5 nitrogen and oxygen atoms in total. The zero-order valence-corrected chi connectivity index (χ0v) is 15.7. The lowest BCUT2D eigenvalue weighted by Gasteiger charge is -2.32. The van der Waals surface area contributed by atoms with Gasteiger partial charge in [-0.1, -0.05) is 0 Å². The van der Waals surface area contributed by atoms with Gasteiger partial charge >= 0.3 is 0 Å². The Bertz CT molecular complexity index is 526. The van der Waals surface area contributed by atoms with Gasteiger partial charge in [0.05, 0.1) is 0 Å². The van der Waals surface area contributed by atoms with Crippen LogP contribution in [0.15, 0.2) is 6.07 Å². The average Bonchev–Trinajstić information content (AvgIpc) is 3.22. The van der Waals surface area contributed by atoms with E-state index in [0.717, 1.165) is 37.6 Å². The Morgan fingerprint density at radius 3 is 2.42 bits per heavy atom. The first-order valence-electron chi connectivity index (χ1n) is 8.88. The molecule has 2 heterocycles. The molecule has 3 aliphatic rings. The smallest absolute Gasteiger partial charge is 0.134 e. The lowest BCUT2D eigenvalue weighted by atomic mass is 9.78. The molecule has 1 aliphatic heterocycles. The first-order valence-corrected chi connectivity index (χ1v) is 8.88. The molecular formula is C17H29Cl2N5. The van der Waals surface area contributed by atoms with Gasteiger partial charge in [0.1, 0.15) is 11.6 Å². The summed E-state index contributed by atoms with van der Waals surface area (Å²) in [5.74, 6) is 3.23. The molecule has 1 aromatic rings. The van der Waals surface area contributed by atoms with Gasteiger partial charge in [-0.2, -0.15) is 0 Å². The molecule has 2 saturated carbocycles. The number of nitrogens with zero attached hydrogens (tertiary/aromatic N) is 3. The van der Waals surface area contributed by atoms with Gasteiger partial charge in [0.2, 0.25) is 0 Å². The van der Waals surface area contributed by atoms with Gasteiger partial charge in [0.15, 0.2) is 0 Å². The molecule has 7 heteroatoms. The second-order valence-corrected chi connectivity index (χ2v) is 7.21. The molecule has 0 unspecified atom stereocenters. The van der Waals surface area contributed by atoms with E-state index in [1.54, 1.807) is 0 Å². The Morgan fingerprint density at radius 1 is 1.08 bits per heavy atom. The Balaban J connectivity index is 0.00000104. The van der Waals surface area contributed by atoms with Crippen molar-refractivity contribution in [1.82, 2.24) is 14.9 Å². The minimum Gasteiger partial charge on any atom is -0.369 e. The zero-order chi connectivity index (χ0) is 14.9. The van der Waals surface area contributed by atoms with Crippen LogP contribution in [-0.4, -0.2) is 47.1 Å². The van der Waals surface area contributed by atoms with E-state index in [1.807, 2.05) is 0 Å². The molecule has 1 saturated heterocycles. The molecule has 136 valence electrons. The highest BCUT2D eigenvalue weighted by Crippen LogP contribution is 2.41. The molecule has 24 heavy (non-hydrogen) atoms. The third-order valence-corrected chi connectivity index (χ3v) is 5.23. The van der Waals surface area contributed by atoms with Gasteiger partial charge in [-0.15, -0.1) is 24.8 Å². The SMILES string of the molecule is Cl.Cl.NC1CC(c2cc(NCCN3CCCC3)nc(C3CC3)n2)C1. The third kappa shape index (κ3) is 4.72. The monoisotopic (exact) mass is 373 g/mol. The Morgan fingerprint density at radius 2 is 1.79 bits per heavy atom. The Kier molecular flexibility index (Phi) is 7.10. The summed E-state index contributed by atoms with van der Waals surface area (Å²) in [5, 5.41) is 3.53. The van der Waals surface area contributed by atoms with Crippen LogP contribution in [0.2, 0.25) is 0 Å². The van der Waals surface area contributed by atoms with Crippen molar-refractivity contribution < 1.29 is 0 Å². The van der Waals surface area contributed by atoms with Gasteiger partial charge in [-0.05, 0) is 51.6 Å². The number of rotatable bonds is 6. The molecule has 0 atom stereocenters. The average molecular weight is 374 g/mol. The lowest BCUT2D eigenvalue weighted by Crippen LogP contribution is -2.35. The van der Waals surface area contributed by atoms with Crippen LogP contribution in [0.1, 0.15) is 61.9 Å². The van der Waals surface area contributed by atoms with Crippen molar-refractivity contribution in [2.75, 3.05) is 31.5 Å². The van der Waals surface area contributed by atoms with Crippen LogP contribution in [0.25, 0.3) is 0 Å². The summed E-state index contributed by atoms with van der Waals surface area (Å²) in [5.41, 5.74) is 7.15. The number of nitrogens with two attached hydrogens (primary N) is 1. The maximum absolute atomic E-state index is 5.94. The molecule has 3 N–H and O–H groups in total. The van der Waals surface area contributed by atoms with Crippen LogP contribution < -0.4 is 11.1 Å². The second kappa shape index (κ2) is 8.65. The van der Waals surface area contributed by atoms with Crippen LogP contribution in [0.4, 0.5) is 5.82 Å². The molecule has 4 rings (SSSR count). The summed E-state index contributed by atoms with van der Waals surface area (Å²) >= 11 is 0. The highest BCUT2D eigenvalue weighted by Gasteiger charge is 2.32. The number of hydrogen-bond acceptors (Lipinski definition) is 5. The fourth-order valence-corrected chi connectivity index (χ4v) is 3.56. The van der Waals surface area contributed by atoms with E-state index in [-0.39, 0.29) is 24.8 Å². The van der Waals surface area contributed by atoms with E-state index in [1.165, 1.54) is 44.5 Å². The summed E-state index contributed by atoms with van der Waals surface area (Å²) in [7, 11) is 0. The van der Waals surface area contributed by atoms with Crippen molar-refractivity contribution in [3.63, 3.8) is 0 Å². The summed E-state index contributed by atoms with van der Waals surface area (Å²) in [6.45, 7) is 4.60. The minimum atomic E-state index is 0. The molecular weight excluding hydrogens is 345 g/mol. The van der Waals surface area contributed by atoms with Crippen molar-refractivity contribution in [2.45, 2.75) is 56.4 Å². The van der Waals surface area contributed by atoms with Crippen molar-refractivity contribution in [2.24, 2.45) is 5.73 Å². The van der Waals surface area contributed by atoms with E-state index in [4.69, 9.17) is 15.7 Å². The van der Waals surface area contributed by atoms with Crippen LogP contribution >= 0.6 is 24.8 Å². The van der Waals surface area contributed by atoms with Crippen molar-refractivity contribution in [1.29, 1.82) is 0 Å².